The first-order chi connectivity index (χ1) is 13.2. The minimum atomic E-state index is -4.79. The summed E-state index contributed by atoms with van der Waals surface area (Å²) in [7, 11) is 0. The molecule has 0 spiro atoms. The van der Waals surface area contributed by atoms with Crippen LogP contribution in [0.25, 0.3) is 0 Å². The summed E-state index contributed by atoms with van der Waals surface area (Å²) in [5, 5.41) is 5.90. The van der Waals surface area contributed by atoms with Crippen LogP contribution in [0.5, 0.6) is 5.75 Å². The van der Waals surface area contributed by atoms with Crippen LogP contribution in [-0.2, 0) is 9.59 Å². The second kappa shape index (κ2) is 8.10. The normalized spacial score (nSPS) is 17.7. The van der Waals surface area contributed by atoms with Crippen molar-refractivity contribution in [3.8, 4) is 5.75 Å². The molecular weight excluding hydrogens is 397 g/mol. The monoisotopic (exact) mass is 412 g/mol. The van der Waals surface area contributed by atoms with Crippen molar-refractivity contribution in [2.24, 2.45) is 5.92 Å². The van der Waals surface area contributed by atoms with Crippen molar-refractivity contribution in [3.05, 3.63) is 64.7 Å². The first-order valence-electron chi connectivity index (χ1n) is 8.39. The van der Waals surface area contributed by atoms with Crippen LogP contribution in [-0.4, -0.2) is 24.7 Å². The predicted molar refractivity (Wildman–Crippen MR) is 95.7 cm³/mol. The molecule has 28 heavy (non-hydrogen) atoms. The zero-order chi connectivity index (χ0) is 20.3. The van der Waals surface area contributed by atoms with Crippen LogP contribution in [0.1, 0.15) is 23.6 Å². The number of carbonyl (C=O) groups is 2. The van der Waals surface area contributed by atoms with Gasteiger partial charge in [0.25, 0.3) is 0 Å². The van der Waals surface area contributed by atoms with Crippen LogP contribution in [0, 0.1) is 5.92 Å². The molecule has 1 saturated heterocycles. The molecule has 1 unspecified atom stereocenters. The van der Waals surface area contributed by atoms with E-state index in [1.54, 1.807) is 24.3 Å². The van der Waals surface area contributed by atoms with E-state index < -0.39 is 18.3 Å². The average molecular weight is 413 g/mol. The zero-order valence-electron chi connectivity index (χ0n) is 14.4. The second-order valence-electron chi connectivity index (χ2n) is 6.32. The van der Waals surface area contributed by atoms with Gasteiger partial charge in [-0.2, -0.15) is 0 Å². The molecule has 2 amide bonds. The van der Waals surface area contributed by atoms with Crippen molar-refractivity contribution < 1.29 is 27.5 Å². The molecule has 2 atom stereocenters. The molecular formula is C19H16ClF3N2O3. The first-order valence-corrected chi connectivity index (χ1v) is 8.77. The molecule has 1 heterocycles. The molecule has 2 aromatic carbocycles. The van der Waals surface area contributed by atoms with E-state index in [-0.39, 0.29) is 30.5 Å². The molecule has 3 rings (SSSR count). The highest BCUT2D eigenvalue weighted by Crippen LogP contribution is 2.29. The van der Waals surface area contributed by atoms with Gasteiger partial charge in [0.1, 0.15) is 5.75 Å². The molecule has 0 bridgehead atoms. The van der Waals surface area contributed by atoms with Gasteiger partial charge in [-0.1, -0.05) is 35.9 Å². The lowest BCUT2D eigenvalue weighted by atomic mass is 9.97. The predicted octanol–water partition coefficient (Wildman–Crippen LogP) is 3.58. The summed E-state index contributed by atoms with van der Waals surface area (Å²) >= 11 is 6.04. The Morgan fingerprint density at radius 3 is 2.46 bits per heavy atom. The lowest BCUT2D eigenvalue weighted by Gasteiger charge is -2.22. The standard InChI is InChI=1S/C19H16ClF3N2O3/c20-14-3-1-2-12(8-14)17(25-18(27)13-9-16(26)24-10-13)11-4-6-15(7-5-11)28-19(21,22)23/h1-8,13,17H,9-10H2,(H,24,26)(H,25,27)/t13?,17-/m1/s1. The van der Waals surface area contributed by atoms with Gasteiger partial charge in [-0.15, -0.1) is 13.2 Å². The minimum Gasteiger partial charge on any atom is -0.406 e. The van der Waals surface area contributed by atoms with Gasteiger partial charge in [-0.05, 0) is 35.4 Å². The molecule has 0 aromatic heterocycles. The summed E-state index contributed by atoms with van der Waals surface area (Å²) in [5.74, 6) is -1.41. The maximum atomic E-state index is 12.6. The number of carbonyl (C=O) groups excluding carboxylic acids is 2. The number of alkyl halides is 3. The molecule has 1 aliphatic heterocycles. The molecule has 0 saturated carbocycles. The fraction of sp³-hybridized carbons (Fsp3) is 0.263. The van der Waals surface area contributed by atoms with Crippen LogP contribution >= 0.6 is 11.6 Å². The van der Waals surface area contributed by atoms with Gasteiger partial charge in [0.15, 0.2) is 0 Å². The molecule has 0 aliphatic carbocycles. The average Bonchev–Trinajstić information content (AvgIpc) is 3.05. The molecule has 1 aliphatic rings. The van der Waals surface area contributed by atoms with Gasteiger partial charge < -0.3 is 15.4 Å². The largest absolute Gasteiger partial charge is 0.573 e. The number of rotatable bonds is 5. The summed E-state index contributed by atoms with van der Waals surface area (Å²) in [5.41, 5.74) is 1.20. The SMILES string of the molecule is O=C1CC(C(=O)N[C@H](c2ccc(OC(F)(F)F)cc2)c2cccc(Cl)c2)CN1. The van der Waals surface area contributed by atoms with E-state index in [2.05, 4.69) is 15.4 Å². The number of hydrogen-bond acceptors (Lipinski definition) is 3. The molecule has 2 N–H and O–H groups in total. The van der Waals surface area contributed by atoms with E-state index in [1.165, 1.54) is 24.3 Å². The second-order valence-corrected chi connectivity index (χ2v) is 6.76. The van der Waals surface area contributed by atoms with Gasteiger partial charge in [0.2, 0.25) is 11.8 Å². The van der Waals surface area contributed by atoms with Crippen molar-refractivity contribution in [2.75, 3.05) is 6.54 Å². The minimum absolute atomic E-state index is 0.0897. The molecule has 1 fully saturated rings. The van der Waals surface area contributed by atoms with Crippen LogP contribution in [0.4, 0.5) is 13.2 Å². The quantitative estimate of drug-likeness (QED) is 0.788. The molecule has 5 nitrogen and oxygen atoms in total. The zero-order valence-corrected chi connectivity index (χ0v) is 15.2. The summed E-state index contributed by atoms with van der Waals surface area (Å²) < 4.78 is 41.0. The molecule has 0 radical (unpaired) electrons. The lowest BCUT2D eigenvalue weighted by molar-refractivity contribution is -0.274. The van der Waals surface area contributed by atoms with Gasteiger partial charge >= 0.3 is 6.36 Å². The smallest absolute Gasteiger partial charge is 0.406 e. The number of nitrogens with one attached hydrogen (secondary N) is 2. The van der Waals surface area contributed by atoms with Crippen molar-refractivity contribution in [3.63, 3.8) is 0 Å². The van der Waals surface area contributed by atoms with Crippen molar-refractivity contribution in [1.82, 2.24) is 10.6 Å². The van der Waals surface area contributed by atoms with Crippen LogP contribution < -0.4 is 15.4 Å². The Labute approximate surface area is 163 Å². The van der Waals surface area contributed by atoms with E-state index in [0.717, 1.165) is 0 Å². The van der Waals surface area contributed by atoms with E-state index in [9.17, 15) is 22.8 Å². The van der Waals surface area contributed by atoms with E-state index in [4.69, 9.17) is 11.6 Å². The first kappa shape index (κ1) is 20.0. The molecule has 9 heteroatoms. The van der Waals surface area contributed by atoms with E-state index in [0.29, 0.717) is 16.1 Å². The molecule has 2 aromatic rings. The Balaban J connectivity index is 1.86. The summed E-state index contributed by atoms with van der Waals surface area (Å²) in [6, 6.07) is 11.3. The van der Waals surface area contributed by atoms with Gasteiger partial charge in [0, 0.05) is 18.0 Å². The number of halogens is 4. The third kappa shape index (κ3) is 5.16. The van der Waals surface area contributed by atoms with Gasteiger partial charge in [0.05, 0.1) is 12.0 Å². The van der Waals surface area contributed by atoms with Crippen LogP contribution in [0.2, 0.25) is 5.02 Å². The Bertz CT molecular complexity index is 871. The Kier molecular flexibility index (Phi) is 5.79. The fourth-order valence-corrected chi connectivity index (χ4v) is 3.16. The summed E-state index contributed by atoms with van der Waals surface area (Å²) in [4.78, 5) is 23.9. The Morgan fingerprint density at radius 2 is 1.89 bits per heavy atom. The number of benzene rings is 2. The highest BCUT2D eigenvalue weighted by Gasteiger charge is 2.32. The number of hydrogen-bond donors (Lipinski definition) is 2. The lowest BCUT2D eigenvalue weighted by Crippen LogP contribution is -2.35. The highest BCUT2D eigenvalue weighted by molar-refractivity contribution is 6.30. The third-order valence-corrected chi connectivity index (χ3v) is 4.50. The van der Waals surface area contributed by atoms with Crippen molar-refractivity contribution in [2.45, 2.75) is 18.8 Å². The molecule has 148 valence electrons. The summed E-state index contributed by atoms with van der Waals surface area (Å²) in [6.45, 7) is 0.241. The van der Waals surface area contributed by atoms with E-state index >= 15 is 0 Å². The van der Waals surface area contributed by atoms with Crippen LogP contribution in [0.15, 0.2) is 48.5 Å². The fourth-order valence-electron chi connectivity index (χ4n) is 2.96. The van der Waals surface area contributed by atoms with Crippen molar-refractivity contribution in [1.29, 1.82) is 0 Å². The van der Waals surface area contributed by atoms with Gasteiger partial charge in [-0.3, -0.25) is 9.59 Å². The van der Waals surface area contributed by atoms with Gasteiger partial charge in [-0.25, -0.2) is 0 Å². The topological polar surface area (TPSA) is 67.4 Å². The third-order valence-electron chi connectivity index (χ3n) is 4.26. The maximum Gasteiger partial charge on any atom is 0.573 e. The highest BCUT2D eigenvalue weighted by atomic mass is 35.5. The number of ether oxygens (including phenoxy) is 1. The van der Waals surface area contributed by atoms with E-state index in [1.807, 2.05) is 0 Å². The maximum absolute atomic E-state index is 12.6. The Morgan fingerprint density at radius 1 is 1.18 bits per heavy atom. The van der Waals surface area contributed by atoms with Crippen LogP contribution in [0.3, 0.4) is 0 Å². The van der Waals surface area contributed by atoms with Crippen molar-refractivity contribution >= 4 is 23.4 Å². The Hall–Kier alpha value is -2.74. The number of amides is 2. The summed E-state index contributed by atoms with van der Waals surface area (Å²) in [6.07, 6.45) is -4.70.